The van der Waals surface area contributed by atoms with Crippen molar-refractivity contribution in [3.8, 4) is 0 Å². The first-order valence-corrected chi connectivity index (χ1v) is 11.2. The molecule has 30 heavy (non-hydrogen) atoms. The van der Waals surface area contributed by atoms with Crippen molar-refractivity contribution in [3.05, 3.63) is 65.5 Å². The maximum Gasteiger partial charge on any atom is 0.223 e. The Morgan fingerprint density at radius 3 is 2.43 bits per heavy atom. The zero-order chi connectivity index (χ0) is 21.2. The summed E-state index contributed by atoms with van der Waals surface area (Å²) in [6.45, 7) is 10.5. The van der Waals surface area contributed by atoms with Crippen molar-refractivity contribution in [1.29, 1.82) is 0 Å². The smallest absolute Gasteiger partial charge is 0.223 e. The molecule has 1 saturated heterocycles. The van der Waals surface area contributed by atoms with E-state index >= 15 is 0 Å². The van der Waals surface area contributed by atoms with Crippen LogP contribution in [0.3, 0.4) is 0 Å². The van der Waals surface area contributed by atoms with Crippen LogP contribution in [0.4, 0.5) is 0 Å². The summed E-state index contributed by atoms with van der Waals surface area (Å²) in [4.78, 5) is 21.6. The number of benzene rings is 1. The molecule has 0 unspecified atom stereocenters. The quantitative estimate of drug-likeness (QED) is 0.597. The van der Waals surface area contributed by atoms with Crippen LogP contribution in [0, 0.1) is 0 Å². The van der Waals surface area contributed by atoms with Crippen molar-refractivity contribution >= 4 is 5.91 Å². The molecule has 1 aromatic carbocycles. The van der Waals surface area contributed by atoms with Crippen LogP contribution in [0.15, 0.2) is 48.8 Å². The second-order valence-electron chi connectivity index (χ2n) is 8.37. The number of carbonyl (C=O) groups is 1. The average molecular weight is 410 g/mol. The molecule has 0 N–H and O–H groups in total. The minimum absolute atomic E-state index is 0.224. The van der Waals surface area contributed by atoms with Gasteiger partial charge >= 0.3 is 0 Å². The Kier molecular flexibility index (Phi) is 8.84. The molecule has 2 aromatic rings. The Balaban J connectivity index is 1.54. The molecule has 0 atom stereocenters. The summed E-state index contributed by atoms with van der Waals surface area (Å²) < 4.78 is 5.43. The maximum absolute atomic E-state index is 13.1. The van der Waals surface area contributed by atoms with Crippen molar-refractivity contribution in [2.24, 2.45) is 0 Å². The van der Waals surface area contributed by atoms with Crippen LogP contribution in [-0.2, 0) is 22.5 Å². The van der Waals surface area contributed by atoms with Gasteiger partial charge in [-0.3, -0.25) is 14.7 Å². The molecule has 0 radical (unpaired) electrons. The molecule has 1 aliphatic heterocycles. The van der Waals surface area contributed by atoms with Crippen molar-refractivity contribution in [3.63, 3.8) is 0 Å². The molecule has 5 nitrogen and oxygen atoms in total. The predicted octanol–water partition coefficient (Wildman–Crippen LogP) is 3.89. The summed E-state index contributed by atoms with van der Waals surface area (Å²) in [5.74, 6) is 0.754. The Labute approximate surface area is 181 Å². The number of pyridine rings is 1. The summed E-state index contributed by atoms with van der Waals surface area (Å²) in [6, 6.07) is 12.7. The van der Waals surface area contributed by atoms with Crippen molar-refractivity contribution in [2.75, 3.05) is 39.4 Å². The van der Waals surface area contributed by atoms with Gasteiger partial charge in [-0.25, -0.2) is 0 Å². The topological polar surface area (TPSA) is 45.7 Å². The lowest BCUT2D eigenvalue weighted by Gasteiger charge is -2.28. The van der Waals surface area contributed by atoms with E-state index in [1.54, 1.807) is 12.4 Å². The third-order valence-corrected chi connectivity index (χ3v) is 5.76. The number of hydrogen-bond donors (Lipinski definition) is 0. The molecule has 1 aliphatic rings. The van der Waals surface area contributed by atoms with E-state index in [9.17, 15) is 4.79 Å². The Hall–Kier alpha value is -2.24. The number of amides is 1. The van der Waals surface area contributed by atoms with Gasteiger partial charge in [-0.05, 0) is 47.6 Å². The number of aromatic nitrogens is 1. The van der Waals surface area contributed by atoms with E-state index in [1.807, 2.05) is 17.0 Å². The maximum atomic E-state index is 13.1. The van der Waals surface area contributed by atoms with Crippen LogP contribution >= 0.6 is 0 Å². The SMILES string of the molecule is CC(C)c1ccc(CCC(=O)N(CCCN2CCOCC2)Cc2ccncc2)cc1. The van der Waals surface area contributed by atoms with Crippen LogP contribution in [0.25, 0.3) is 0 Å². The van der Waals surface area contributed by atoms with E-state index in [-0.39, 0.29) is 5.91 Å². The summed E-state index contributed by atoms with van der Waals surface area (Å²) >= 11 is 0. The van der Waals surface area contributed by atoms with E-state index in [4.69, 9.17) is 4.74 Å². The van der Waals surface area contributed by atoms with E-state index < -0.39 is 0 Å². The molecule has 2 heterocycles. The average Bonchev–Trinajstić information content (AvgIpc) is 2.78. The number of morpholine rings is 1. The molecular formula is C25H35N3O2. The van der Waals surface area contributed by atoms with Crippen LogP contribution in [0.5, 0.6) is 0 Å². The van der Waals surface area contributed by atoms with Crippen molar-refractivity contribution in [1.82, 2.24) is 14.8 Å². The second kappa shape index (κ2) is 11.8. The van der Waals surface area contributed by atoms with Crippen molar-refractivity contribution in [2.45, 2.75) is 45.6 Å². The molecule has 0 spiro atoms. The molecule has 1 fully saturated rings. The number of ether oxygens (including phenoxy) is 1. The normalized spacial score (nSPS) is 14.8. The number of nitrogens with zero attached hydrogens (tertiary/aromatic N) is 3. The van der Waals surface area contributed by atoms with Gasteiger partial charge in [-0.2, -0.15) is 0 Å². The minimum Gasteiger partial charge on any atom is -0.379 e. The van der Waals surface area contributed by atoms with E-state index in [0.29, 0.717) is 18.9 Å². The molecular weight excluding hydrogens is 374 g/mol. The number of carbonyl (C=O) groups excluding carboxylic acids is 1. The third-order valence-electron chi connectivity index (χ3n) is 5.76. The Morgan fingerprint density at radius 2 is 1.77 bits per heavy atom. The molecule has 0 bridgehead atoms. The highest BCUT2D eigenvalue weighted by atomic mass is 16.5. The highest BCUT2D eigenvalue weighted by Gasteiger charge is 2.16. The van der Waals surface area contributed by atoms with Gasteiger partial charge in [-0.1, -0.05) is 38.1 Å². The van der Waals surface area contributed by atoms with E-state index in [1.165, 1.54) is 11.1 Å². The van der Waals surface area contributed by atoms with Gasteiger partial charge in [0.05, 0.1) is 13.2 Å². The summed E-state index contributed by atoms with van der Waals surface area (Å²) in [6.07, 6.45) is 5.90. The highest BCUT2D eigenvalue weighted by Crippen LogP contribution is 2.16. The molecule has 1 aromatic heterocycles. The largest absolute Gasteiger partial charge is 0.379 e. The highest BCUT2D eigenvalue weighted by molar-refractivity contribution is 5.76. The van der Waals surface area contributed by atoms with E-state index in [0.717, 1.165) is 57.8 Å². The van der Waals surface area contributed by atoms with Gasteiger partial charge in [0.1, 0.15) is 0 Å². The minimum atomic E-state index is 0.224. The van der Waals surface area contributed by atoms with Crippen molar-refractivity contribution < 1.29 is 9.53 Å². The first-order valence-electron chi connectivity index (χ1n) is 11.2. The molecule has 162 valence electrons. The fraction of sp³-hybridized carbons (Fsp3) is 0.520. The first kappa shape index (κ1) is 22.4. The third kappa shape index (κ3) is 7.22. The standard InChI is InChI=1S/C25H35N3O2/c1-21(2)24-7-4-22(5-8-24)6-9-25(29)28(20-23-10-12-26-13-11-23)15-3-14-27-16-18-30-19-17-27/h4-5,7-8,10-13,21H,3,6,9,14-20H2,1-2H3. The summed E-state index contributed by atoms with van der Waals surface area (Å²) in [5.41, 5.74) is 3.70. The molecule has 0 saturated carbocycles. The van der Waals surface area contributed by atoms with Crippen LogP contribution in [0.1, 0.15) is 49.3 Å². The summed E-state index contributed by atoms with van der Waals surface area (Å²) in [5, 5.41) is 0. The first-order chi connectivity index (χ1) is 14.6. The lowest BCUT2D eigenvalue weighted by atomic mass is 10.00. The predicted molar refractivity (Wildman–Crippen MR) is 120 cm³/mol. The molecule has 5 heteroatoms. The zero-order valence-electron chi connectivity index (χ0n) is 18.4. The molecule has 1 amide bonds. The lowest BCUT2D eigenvalue weighted by molar-refractivity contribution is -0.132. The fourth-order valence-electron chi connectivity index (χ4n) is 3.79. The van der Waals surface area contributed by atoms with Gasteiger partial charge < -0.3 is 9.64 Å². The van der Waals surface area contributed by atoms with Crippen LogP contribution < -0.4 is 0 Å². The van der Waals surface area contributed by atoms with E-state index in [2.05, 4.69) is 48.0 Å². The lowest BCUT2D eigenvalue weighted by Crippen LogP contribution is -2.39. The monoisotopic (exact) mass is 409 g/mol. The van der Waals surface area contributed by atoms with Crippen LogP contribution in [0.2, 0.25) is 0 Å². The summed E-state index contributed by atoms with van der Waals surface area (Å²) in [7, 11) is 0. The number of rotatable bonds is 10. The van der Waals surface area contributed by atoms with Crippen LogP contribution in [-0.4, -0.2) is 60.1 Å². The van der Waals surface area contributed by atoms with Gasteiger partial charge in [-0.15, -0.1) is 0 Å². The Morgan fingerprint density at radius 1 is 1.07 bits per heavy atom. The van der Waals surface area contributed by atoms with Gasteiger partial charge in [0.25, 0.3) is 0 Å². The van der Waals surface area contributed by atoms with Gasteiger partial charge in [0.15, 0.2) is 0 Å². The fourth-order valence-corrected chi connectivity index (χ4v) is 3.79. The number of hydrogen-bond acceptors (Lipinski definition) is 4. The molecule has 3 rings (SSSR count). The van der Waals surface area contributed by atoms with Gasteiger partial charge in [0, 0.05) is 51.5 Å². The zero-order valence-corrected chi connectivity index (χ0v) is 18.4. The second-order valence-corrected chi connectivity index (χ2v) is 8.37. The van der Waals surface area contributed by atoms with Gasteiger partial charge in [0.2, 0.25) is 5.91 Å². The number of aryl methyl sites for hydroxylation is 1. The Bertz CT molecular complexity index is 756. The molecule has 0 aliphatic carbocycles.